The van der Waals surface area contributed by atoms with E-state index in [9.17, 15) is 13.2 Å². The molecule has 2 aromatic heterocycles. The van der Waals surface area contributed by atoms with Crippen molar-refractivity contribution in [2.45, 2.75) is 63.4 Å². The molecule has 2 fully saturated rings. The van der Waals surface area contributed by atoms with E-state index in [0.29, 0.717) is 54.4 Å². The quantitative estimate of drug-likeness (QED) is 0.394. The largest absolute Gasteiger partial charge is 0.573 e. The normalized spacial score (nSPS) is 22.1. The standard InChI is InChI=1S/C25H32F3N7O2/c1-24(10-12-36-13-11-24)34-22-30-15-20-21(33-22)35(18-6-2-16(14-29)3-7-18)23(32-20)31-17-4-8-19(9-5-17)37-25(26,27)28/h4-5,8-9,15-16,18H,2-3,6-7,10-14,29H2,1H3,(H,31,32)(H,30,33,34). The van der Waals surface area contributed by atoms with E-state index in [-0.39, 0.29) is 17.3 Å². The average molecular weight is 520 g/mol. The Labute approximate surface area is 213 Å². The number of nitrogens with two attached hydrogens (primary N) is 1. The lowest BCUT2D eigenvalue weighted by molar-refractivity contribution is -0.274. The van der Waals surface area contributed by atoms with Gasteiger partial charge in [0.1, 0.15) is 11.3 Å². The summed E-state index contributed by atoms with van der Waals surface area (Å²) in [4.78, 5) is 14.1. The Kier molecular flexibility index (Phi) is 7.13. The number of hydrogen-bond donors (Lipinski definition) is 3. The molecule has 0 spiro atoms. The van der Waals surface area contributed by atoms with Crippen LogP contribution in [0.3, 0.4) is 0 Å². The van der Waals surface area contributed by atoms with Crippen LogP contribution in [0.15, 0.2) is 30.5 Å². The number of hydrogen-bond acceptors (Lipinski definition) is 8. The molecule has 4 N–H and O–H groups in total. The summed E-state index contributed by atoms with van der Waals surface area (Å²) in [5.41, 5.74) is 7.70. The Bertz CT molecular complexity index is 1200. The molecule has 1 saturated carbocycles. The summed E-state index contributed by atoms with van der Waals surface area (Å²) in [6, 6.07) is 5.75. The Hall–Kier alpha value is -3.12. The maximum atomic E-state index is 12.5. The lowest BCUT2D eigenvalue weighted by atomic mass is 9.86. The Morgan fingerprint density at radius 2 is 1.81 bits per heavy atom. The summed E-state index contributed by atoms with van der Waals surface area (Å²) in [7, 11) is 0. The summed E-state index contributed by atoms with van der Waals surface area (Å²) in [5.74, 6) is 1.33. The first-order valence-corrected chi connectivity index (χ1v) is 12.7. The monoisotopic (exact) mass is 519 g/mol. The first-order chi connectivity index (χ1) is 17.7. The molecule has 5 rings (SSSR count). The van der Waals surface area contributed by atoms with Crippen molar-refractivity contribution in [2.75, 3.05) is 30.4 Å². The van der Waals surface area contributed by atoms with Crippen LogP contribution in [0.2, 0.25) is 0 Å². The van der Waals surface area contributed by atoms with Crippen molar-refractivity contribution in [3.05, 3.63) is 30.5 Å². The van der Waals surface area contributed by atoms with E-state index in [1.54, 1.807) is 6.20 Å². The Morgan fingerprint density at radius 3 is 2.46 bits per heavy atom. The van der Waals surface area contributed by atoms with Crippen molar-refractivity contribution in [3.63, 3.8) is 0 Å². The molecular formula is C25H32F3N7O2. The number of anilines is 3. The highest BCUT2D eigenvalue weighted by molar-refractivity contribution is 5.76. The van der Waals surface area contributed by atoms with Crippen LogP contribution < -0.4 is 21.1 Å². The molecule has 3 aromatic rings. The van der Waals surface area contributed by atoms with Crippen LogP contribution in [0.5, 0.6) is 5.75 Å². The third-order valence-electron chi connectivity index (χ3n) is 7.30. The van der Waals surface area contributed by atoms with Crippen LogP contribution in [-0.2, 0) is 4.74 Å². The molecule has 1 aliphatic carbocycles. The number of aromatic nitrogens is 4. The highest BCUT2D eigenvalue weighted by Gasteiger charge is 2.32. The van der Waals surface area contributed by atoms with Gasteiger partial charge in [-0.25, -0.2) is 9.97 Å². The summed E-state index contributed by atoms with van der Waals surface area (Å²) in [6.07, 6.45) is 2.58. The minimum absolute atomic E-state index is 0.155. The van der Waals surface area contributed by atoms with Gasteiger partial charge in [0.25, 0.3) is 0 Å². The summed E-state index contributed by atoms with van der Waals surface area (Å²) >= 11 is 0. The van der Waals surface area contributed by atoms with Gasteiger partial charge in [0.15, 0.2) is 5.65 Å². The second-order valence-electron chi connectivity index (χ2n) is 10.1. The number of nitrogens with zero attached hydrogens (tertiary/aromatic N) is 4. The van der Waals surface area contributed by atoms with Gasteiger partial charge in [-0.2, -0.15) is 4.98 Å². The lowest BCUT2D eigenvalue weighted by Crippen LogP contribution is -2.41. The zero-order chi connectivity index (χ0) is 26.0. The fourth-order valence-electron chi connectivity index (χ4n) is 5.11. The fourth-order valence-corrected chi connectivity index (χ4v) is 5.11. The number of halogens is 3. The molecule has 1 saturated heterocycles. The van der Waals surface area contributed by atoms with Gasteiger partial charge in [-0.3, -0.25) is 4.57 Å². The number of rotatable bonds is 7. The summed E-state index contributed by atoms with van der Waals surface area (Å²) < 4.78 is 49.2. The third-order valence-corrected chi connectivity index (χ3v) is 7.30. The maximum absolute atomic E-state index is 12.5. The molecule has 0 unspecified atom stereocenters. The third kappa shape index (κ3) is 6.07. The zero-order valence-corrected chi connectivity index (χ0v) is 20.7. The predicted molar refractivity (Wildman–Crippen MR) is 134 cm³/mol. The SMILES string of the molecule is CC1(Nc2ncc3nc(Nc4ccc(OC(F)(F)F)cc4)n(C4CCC(CN)CC4)c3n2)CCOCC1. The second kappa shape index (κ2) is 10.3. The summed E-state index contributed by atoms with van der Waals surface area (Å²) in [6.45, 7) is 4.20. The fraction of sp³-hybridized carbons (Fsp3) is 0.560. The van der Waals surface area contributed by atoms with Crippen molar-refractivity contribution in [2.24, 2.45) is 11.7 Å². The van der Waals surface area contributed by atoms with E-state index in [4.69, 9.17) is 20.4 Å². The van der Waals surface area contributed by atoms with Crippen LogP contribution in [0, 0.1) is 5.92 Å². The van der Waals surface area contributed by atoms with Crippen molar-refractivity contribution < 1.29 is 22.6 Å². The molecule has 0 radical (unpaired) electrons. The highest BCUT2D eigenvalue weighted by atomic mass is 19.4. The molecule has 37 heavy (non-hydrogen) atoms. The van der Waals surface area contributed by atoms with Crippen LogP contribution >= 0.6 is 0 Å². The first-order valence-electron chi connectivity index (χ1n) is 12.7. The number of nitrogens with one attached hydrogen (secondary N) is 2. The van der Waals surface area contributed by atoms with Crippen molar-refractivity contribution >= 4 is 28.7 Å². The van der Waals surface area contributed by atoms with E-state index in [2.05, 4.69) is 31.8 Å². The van der Waals surface area contributed by atoms with Crippen LogP contribution in [0.25, 0.3) is 11.2 Å². The lowest BCUT2D eigenvalue weighted by Gasteiger charge is -2.34. The molecule has 3 heterocycles. The number of benzene rings is 1. The molecule has 9 nitrogen and oxygen atoms in total. The smallest absolute Gasteiger partial charge is 0.406 e. The van der Waals surface area contributed by atoms with Gasteiger partial charge >= 0.3 is 6.36 Å². The maximum Gasteiger partial charge on any atom is 0.573 e. The van der Waals surface area contributed by atoms with Gasteiger partial charge in [-0.15, -0.1) is 13.2 Å². The molecule has 2 aliphatic rings. The average Bonchev–Trinajstić information content (AvgIpc) is 3.21. The van der Waals surface area contributed by atoms with E-state index in [1.807, 2.05) is 0 Å². The van der Waals surface area contributed by atoms with E-state index in [0.717, 1.165) is 38.5 Å². The summed E-state index contributed by atoms with van der Waals surface area (Å²) in [5, 5.41) is 6.76. The molecule has 0 atom stereocenters. The first kappa shape index (κ1) is 25.5. The van der Waals surface area contributed by atoms with Crippen LogP contribution in [0.4, 0.5) is 30.8 Å². The second-order valence-corrected chi connectivity index (χ2v) is 10.1. The van der Waals surface area contributed by atoms with Gasteiger partial charge < -0.3 is 25.8 Å². The highest BCUT2D eigenvalue weighted by Crippen LogP contribution is 2.37. The van der Waals surface area contributed by atoms with Gasteiger partial charge in [0.2, 0.25) is 11.9 Å². The van der Waals surface area contributed by atoms with Gasteiger partial charge in [-0.1, -0.05) is 0 Å². The van der Waals surface area contributed by atoms with Crippen LogP contribution in [0.1, 0.15) is 51.5 Å². The van der Waals surface area contributed by atoms with Crippen molar-refractivity contribution in [1.29, 1.82) is 0 Å². The van der Waals surface area contributed by atoms with Gasteiger partial charge in [0.05, 0.1) is 6.20 Å². The Morgan fingerprint density at radius 1 is 1.11 bits per heavy atom. The molecule has 1 aliphatic heterocycles. The predicted octanol–water partition coefficient (Wildman–Crippen LogP) is 5.14. The van der Waals surface area contributed by atoms with Gasteiger partial charge in [0, 0.05) is 30.5 Å². The van der Waals surface area contributed by atoms with E-state index in [1.165, 1.54) is 24.3 Å². The Balaban J connectivity index is 1.45. The minimum atomic E-state index is -4.74. The molecule has 12 heteroatoms. The van der Waals surface area contributed by atoms with Crippen molar-refractivity contribution in [3.8, 4) is 5.75 Å². The van der Waals surface area contributed by atoms with Crippen molar-refractivity contribution in [1.82, 2.24) is 19.5 Å². The molecule has 0 amide bonds. The molecular weight excluding hydrogens is 487 g/mol. The number of alkyl halides is 3. The number of imidazole rings is 1. The number of ether oxygens (including phenoxy) is 2. The molecule has 1 aromatic carbocycles. The van der Waals surface area contributed by atoms with E-state index < -0.39 is 6.36 Å². The topological polar surface area (TPSA) is 112 Å². The minimum Gasteiger partial charge on any atom is -0.406 e. The van der Waals surface area contributed by atoms with Crippen LogP contribution in [-0.4, -0.2) is 51.2 Å². The van der Waals surface area contributed by atoms with E-state index >= 15 is 0 Å². The molecule has 0 bridgehead atoms. The number of fused-ring (bicyclic) bond motifs is 1. The van der Waals surface area contributed by atoms with Gasteiger partial charge in [-0.05, 0) is 82.2 Å². The molecule has 200 valence electrons. The zero-order valence-electron chi connectivity index (χ0n) is 20.7.